The zero-order valence-electron chi connectivity index (χ0n) is 15.3. The second-order valence-corrected chi connectivity index (χ2v) is 9.01. The lowest BCUT2D eigenvalue weighted by molar-refractivity contribution is 0.619. The molecule has 142 valence electrons. The van der Waals surface area contributed by atoms with Crippen LogP contribution in [0.25, 0.3) is 16.8 Å². The van der Waals surface area contributed by atoms with Gasteiger partial charge in [-0.3, -0.25) is 0 Å². The molecule has 3 heterocycles. The van der Waals surface area contributed by atoms with Crippen molar-refractivity contribution in [1.82, 2.24) is 14.2 Å². The molecule has 0 aliphatic carbocycles. The van der Waals surface area contributed by atoms with E-state index >= 15 is 0 Å². The molecule has 0 bridgehead atoms. The Bertz CT molecular complexity index is 1120. The summed E-state index contributed by atoms with van der Waals surface area (Å²) < 4.78 is 6.67. The summed E-state index contributed by atoms with van der Waals surface area (Å²) in [6, 6.07) is 16.8. The molecule has 4 aromatic rings. The van der Waals surface area contributed by atoms with Gasteiger partial charge in [0.2, 0.25) is 0 Å². The molecule has 0 spiro atoms. The Morgan fingerprint density at radius 3 is 2.39 bits per heavy atom. The van der Waals surface area contributed by atoms with E-state index in [2.05, 4.69) is 101 Å². The lowest BCUT2D eigenvalue weighted by Gasteiger charge is -2.09. The SMILES string of the molecule is Brc1ccc(NCc2nn3cc(-c4ccc(Br)cc4)c4c3n2CCCC4)cc1. The van der Waals surface area contributed by atoms with Crippen LogP contribution in [0.4, 0.5) is 5.69 Å². The molecule has 1 N–H and O–H groups in total. The number of hydrogen-bond donors (Lipinski definition) is 1. The molecule has 5 rings (SSSR count). The Labute approximate surface area is 180 Å². The number of hydrogen-bond acceptors (Lipinski definition) is 2. The molecule has 0 amide bonds. The van der Waals surface area contributed by atoms with Crippen LogP contribution in [0.1, 0.15) is 24.2 Å². The lowest BCUT2D eigenvalue weighted by Crippen LogP contribution is -2.09. The minimum Gasteiger partial charge on any atom is -0.378 e. The number of nitrogens with zero attached hydrogens (tertiary/aromatic N) is 3. The van der Waals surface area contributed by atoms with Gasteiger partial charge in [0.05, 0.1) is 6.54 Å². The first-order valence-corrected chi connectivity index (χ1v) is 11.1. The molecule has 0 unspecified atom stereocenters. The molecule has 0 saturated carbocycles. The highest BCUT2D eigenvalue weighted by Crippen LogP contribution is 2.33. The van der Waals surface area contributed by atoms with Gasteiger partial charge in [-0.2, -0.15) is 5.10 Å². The number of aryl methyl sites for hydroxylation is 2. The highest BCUT2D eigenvalue weighted by molar-refractivity contribution is 9.10. The van der Waals surface area contributed by atoms with E-state index in [1.165, 1.54) is 35.2 Å². The Morgan fingerprint density at radius 1 is 0.929 bits per heavy atom. The van der Waals surface area contributed by atoms with E-state index in [4.69, 9.17) is 5.10 Å². The normalized spacial score (nSPS) is 13.6. The summed E-state index contributed by atoms with van der Waals surface area (Å²) in [6.45, 7) is 1.74. The van der Waals surface area contributed by atoms with Gasteiger partial charge >= 0.3 is 0 Å². The molecule has 0 fully saturated rings. The van der Waals surface area contributed by atoms with Gasteiger partial charge < -0.3 is 9.88 Å². The summed E-state index contributed by atoms with van der Waals surface area (Å²) in [5.41, 5.74) is 6.34. The number of anilines is 1. The lowest BCUT2D eigenvalue weighted by atomic mass is 10.0. The highest BCUT2D eigenvalue weighted by atomic mass is 79.9. The molecular weight excluding hydrogens is 480 g/mol. The van der Waals surface area contributed by atoms with Gasteiger partial charge in [-0.05, 0) is 61.2 Å². The van der Waals surface area contributed by atoms with Crippen molar-refractivity contribution in [2.75, 3.05) is 5.32 Å². The molecule has 4 nitrogen and oxygen atoms in total. The first-order chi connectivity index (χ1) is 13.7. The molecule has 6 heteroatoms. The predicted octanol–water partition coefficient (Wildman–Crippen LogP) is 6.28. The highest BCUT2D eigenvalue weighted by Gasteiger charge is 2.22. The predicted molar refractivity (Wildman–Crippen MR) is 121 cm³/mol. The van der Waals surface area contributed by atoms with E-state index in [0.29, 0.717) is 0 Å². The monoisotopic (exact) mass is 498 g/mol. The largest absolute Gasteiger partial charge is 0.378 e. The van der Waals surface area contributed by atoms with Crippen molar-refractivity contribution in [1.29, 1.82) is 0 Å². The van der Waals surface area contributed by atoms with Crippen molar-refractivity contribution < 1.29 is 0 Å². The van der Waals surface area contributed by atoms with Gasteiger partial charge in [-0.25, -0.2) is 4.52 Å². The molecule has 1 aliphatic heterocycles. The average molecular weight is 500 g/mol. The summed E-state index contributed by atoms with van der Waals surface area (Å²) in [4.78, 5) is 0. The van der Waals surface area contributed by atoms with Gasteiger partial charge in [-0.1, -0.05) is 44.0 Å². The maximum absolute atomic E-state index is 4.92. The molecule has 2 aromatic heterocycles. The number of benzene rings is 2. The second kappa shape index (κ2) is 7.41. The van der Waals surface area contributed by atoms with Gasteiger partial charge in [0.1, 0.15) is 5.65 Å². The van der Waals surface area contributed by atoms with Crippen LogP contribution in [-0.2, 0) is 19.5 Å². The average Bonchev–Trinajstić information content (AvgIpc) is 3.12. The molecule has 0 atom stereocenters. The van der Waals surface area contributed by atoms with Crippen molar-refractivity contribution in [2.24, 2.45) is 0 Å². The van der Waals surface area contributed by atoms with E-state index < -0.39 is 0 Å². The Kier molecular flexibility index (Phi) is 4.77. The van der Waals surface area contributed by atoms with Crippen LogP contribution >= 0.6 is 31.9 Å². The number of halogens is 2. The zero-order valence-corrected chi connectivity index (χ0v) is 18.5. The summed E-state index contributed by atoms with van der Waals surface area (Å²) in [5.74, 6) is 1.09. The Morgan fingerprint density at radius 2 is 1.64 bits per heavy atom. The molecule has 0 radical (unpaired) electrons. The van der Waals surface area contributed by atoms with Crippen molar-refractivity contribution in [2.45, 2.75) is 32.4 Å². The van der Waals surface area contributed by atoms with Crippen molar-refractivity contribution in [3.63, 3.8) is 0 Å². The van der Waals surface area contributed by atoms with Crippen molar-refractivity contribution >= 4 is 43.2 Å². The van der Waals surface area contributed by atoms with Gasteiger partial charge in [-0.15, -0.1) is 0 Å². The maximum atomic E-state index is 4.92. The van der Waals surface area contributed by atoms with Crippen LogP contribution in [0.15, 0.2) is 63.7 Å². The molecular formula is C22H20Br2N4. The summed E-state index contributed by atoms with van der Waals surface area (Å²) in [6.07, 6.45) is 5.70. The van der Waals surface area contributed by atoms with Gasteiger partial charge in [0.15, 0.2) is 5.82 Å². The topological polar surface area (TPSA) is 34.3 Å². The fourth-order valence-corrected chi connectivity index (χ4v) is 4.52. The number of nitrogens with one attached hydrogen (secondary N) is 1. The number of rotatable bonds is 4. The second-order valence-electron chi connectivity index (χ2n) is 7.18. The first-order valence-electron chi connectivity index (χ1n) is 9.54. The van der Waals surface area contributed by atoms with Gasteiger partial charge in [0, 0.05) is 38.5 Å². The van der Waals surface area contributed by atoms with Crippen LogP contribution in [0.5, 0.6) is 0 Å². The molecule has 28 heavy (non-hydrogen) atoms. The Hall–Kier alpha value is -2.05. The molecule has 2 aromatic carbocycles. The molecule has 0 saturated heterocycles. The minimum absolute atomic E-state index is 0.719. The van der Waals surface area contributed by atoms with Gasteiger partial charge in [0.25, 0.3) is 0 Å². The summed E-state index contributed by atoms with van der Waals surface area (Å²) in [7, 11) is 0. The quantitative estimate of drug-likeness (QED) is 0.358. The van der Waals surface area contributed by atoms with E-state index in [1.54, 1.807) is 0 Å². The third-order valence-corrected chi connectivity index (χ3v) is 6.42. The zero-order chi connectivity index (χ0) is 19.1. The maximum Gasteiger partial charge on any atom is 0.150 e. The van der Waals surface area contributed by atoms with Crippen LogP contribution in [0.2, 0.25) is 0 Å². The number of aromatic nitrogens is 3. The van der Waals surface area contributed by atoms with Crippen molar-refractivity contribution in [3.8, 4) is 11.1 Å². The van der Waals surface area contributed by atoms with Crippen LogP contribution < -0.4 is 5.32 Å². The van der Waals surface area contributed by atoms with Crippen molar-refractivity contribution in [3.05, 3.63) is 75.1 Å². The third kappa shape index (κ3) is 3.29. The summed E-state index contributed by atoms with van der Waals surface area (Å²) in [5, 5.41) is 8.43. The van der Waals surface area contributed by atoms with E-state index in [1.807, 2.05) is 0 Å². The fraction of sp³-hybridized carbons (Fsp3) is 0.227. The van der Waals surface area contributed by atoms with E-state index in [9.17, 15) is 0 Å². The molecule has 1 aliphatic rings. The Balaban J connectivity index is 1.52. The summed E-state index contributed by atoms with van der Waals surface area (Å²) >= 11 is 7.02. The minimum atomic E-state index is 0.719. The van der Waals surface area contributed by atoms with Crippen LogP contribution in [0, 0.1) is 0 Å². The third-order valence-electron chi connectivity index (χ3n) is 5.36. The standard InChI is InChI=1S/C22H20Br2N4/c23-16-6-4-15(5-7-16)20-14-28-22-19(20)3-1-2-12-27(22)21(26-28)13-25-18-10-8-17(24)9-11-18/h4-11,14,25H,1-3,12-13H2. The van der Waals surface area contributed by atoms with Crippen LogP contribution in [0.3, 0.4) is 0 Å². The smallest absolute Gasteiger partial charge is 0.150 e. The van der Waals surface area contributed by atoms with E-state index in [-0.39, 0.29) is 0 Å². The first kappa shape index (κ1) is 18.0. The van der Waals surface area contributed by atoms with E-state index in [0.717, 1.165) is 40.0 Å². The van der Waals surface area contributed by atoms with Crippen LogP contribution in [-0.4, -0.2) is 14.2 Å². The fourth-order valence-electron chi connectivity index (χ4n) is 3.99.